The molecule has 268 valence electrons. The van der Waals surface area contributed by atoms with Crippen LogP contribution in [0.4, 0.5) is 4.79 Å². The Morgan fingerprint density at radius 2 is 1.65 bits per heavy atom. The number of nitrogens with one attached hydrogen (secondary N) is 3. The summed E-state index contributed by atoms with van der Waals surface area (Å²) >= 11 is 0. The van der Waals surface area contributed by atoms with Gasteiger partial charge in [0.25, 0.3) is 5.91 Å². The number of amides is 5. The van der Waals surface area contributed by atoms with Gasteiger partial charge in [0.2, 0.25) is 17.6 Å². The Kier molecular flexibility index (Phi) is 10.4. The molecular weight excluding hydrogens is 612 g/mol. The number of primary amides is 1. The van der Waals surface area contributed by atoms with Crippen LogP contribution >= 0.6 is 0 Å². The fourth-order valence-electron chi connectivity index (χ4n) is 9.14. The van der Waals surface area contributed by atoms with E-state index in [1.807, 2.05) is 0 Å². The maximum Gasteiger partial charge on any atom is 0.315 e. The quantitative estimate of drug-likeness (QED) is 0.219. The van der Waals surface area contributed by atoms with Crippen molar-refractivity contribution in [3.8, 4) is 0 Å². The summed E-state index contributed by atoms with van der Waals surface area (Å²) in [5, 5.41) is 8.95. The van der Waals surface area contributed by atoms with Crippen LogP contribution < -0.4 is 21.7 Å². The van der Waals surface area contributed by atoms with E-state index in [2.05, 4.69) is 34.7 Å². The fourth-order valence-corrected chi connectivity index (χ4v) is 9.14. The summed E-state index contributed by atoms with van der Waals surface area (Å²) in [5.74, 6) is -1.73. The predicted molar refractivity (Wildman–Crippen MR) is 180 cm³/mol. The number of rotatable bonds is 13. The maximum atomic E-state index is 13.9. The lowest BCUT2D eigenvalue weighted by atomic mass is 9.61. The van der Waals surface area contributed by atoms with Crippen molar-refractivity contribution < 1.29 is 28.7 Å². The van der Waals surface area contributed by atoms with E-state index in [1.165, 1.54) is 6.42 Å². The van der Waals surface area contributed by atoms with Crippen LogP contribution in [-0.2, 0) is 23.9 Å². The molecule has 1 spiro atoms. The first-order valence-corrected chi connectivity index (χ1v) is 18.7. The van der Waals surface area contributed by atoms with Gasteiger partial charge in [-0.15, -0.1) is 0 Å². The zero-order valence-electron chi connectivity index (χ0n) is 29.2. The van der Waals surface area contributed by atoms with Crippen molar-refractivity contribution in [3.05, 3.63) is 0 Å². The lowest BCUT2D eigenvalue weighted by molar-refractivity contribution is -0.141. The second-order valence-electron chi connectivity index (χ2n) is 16.7. The number of ether oxygens (including phenoxy) is 1. The van der Waals surface area contributed by atoms with Gasteiger partial charge in [-0.1, -0.05) is 58.8 Å². The van der Waals surface area contributed by atoms with Gasteiger partial charge in [-0.25, -0.2) is 4.79 Å². The van der Waals surface area contributed by atoms with Gasteiger partial charge < -0.3 is 31.3 Å². The van der Waals surface area contributed by atoms with Gasteiger partial charge in [-0.05, 0) is 74.5 Å². The molecule has 12 nitrogen and oxygen atoms in total. The molecule has 4 saturated carbocycles. The molecule has 0 aromatic heterocycles. The Labute approximate surface area is 285 Å². The third-order valence-corrected chi connectivity index (χ3v) is 13.1. The number of nitrogens with two attached hydrogens (primary N) is 1. The molecule has 2 aliphatic heterocycles. The Balaban J connectivity index is 1.10. The van der Waals surface area contributed by atoms with Crippen molar-refractivity contribution in [1.29, 1.82) is 0 Å². The molecule has 4 aliphatic carbocycles. The standard InChI is InChI=1S/C36H58N6O6/c1-34(2,25-10-7-11-25)26-19-28(32(46)39-27(30(44)31(37)45)18-24-8-6-9-24)42(21-26)29(43)20-38-33(47)40-35(12-4-3-5-13-35)22-41-16-17-48-36(23-41)14-15-36/h24-28H,3-23H2,1-2H3,(H2,37,45)(H,39,46)(H2,38,40,47)/t26?,27?,28-/m0/s1. The lowest BCUT2D eigenvalue weighted by Crippen LogP contribution is -2.61. The van der Waals surface area contributed by atoms with Crippen LogP contribution in [-0.4, -0.2) is 102 Å². The first-order valence-electron chi connectivity index (χ1n) is 18.7. The van der Waals surface area contributed by atoms with Gasteiger partial charge in [0.1, 0.15) is 6.04 Å². The summed E-state index contributed by atoms with van der Waals surface area (Å²) in [6.45, 7) is 7.90. The maximum absolute atomic E-state index is 13.9. The van der Waals surface area contributed by atoms with Gasteiger partial charge in [0, 0.05) is 26.2 Å². The van der Waals surface area contributed by atoms with Crippen LogP contribution in [0, 0.1) is 23.2 Å². The first-order chi connectivity index (χ1) is 22.9. The van der Waals surface area contributed by atoms with E-state index >= 15 is 0 Å². The molecule has 0 aromatic carbocycles. The van der Waals surface area contributed by atoms with Crippen molar-refractivity contribution in [2.24, 2.45) is 28.9 Å². The van der Waals surface area contributed by atoms with Gasteiger partial charge >= 0.3 is 6.03 Å². The number of hydrogen-bond acceptors (Lipinski definition) is 7. The molecule has 12 heteroatoms. The average Bonchev–Trinajstić information content (AvgIpc) is 3.55. The van der Waals surface area contributed by atoms with E-state index in [0.717, 1.165) is 103 Å². The van der Waals surface area contributed by atoms with Crippen LogP contribution in [0.15, 0.2) is 0 Å². The summed E-state index contributed by atoms with van der Waals surface area (Å²) in [6.07, 6.45) is 14.5. The molecule has 5 amide bonds. The number of nitrogens with zero attached hydrogens (tertiary/aromatic N) is 2. The largest absolute Gasteiger partial charge is 0.372 e. The van der Waals surface area contributed by atoms with E-state index in [0.29, 0.717) is 25.3 Å². The molecule has 6 aliphatic rings. The van der Waals surface area contributed by atoms with E-state index in [-0.39, 0.29) is 46.9 Å². The van der Waals surface area contributed by atoms with E-state index < -0.39 is 29.7 Å². The molecule has 0 radical (unpaired) electrons. The van der Waals surface area contributed by atoms with E-state index in [9.17, 15) is 24.0 Å². The predicted octanol–water partition coefficient (Wildman–Crippen LogP) is 2.63. The van der Waals surface area contributed by atoms with Crippen LogP contribution in [0.1, 0.15) is 110 Å². The number of likely N-dealkylation sites (tertiary alicyclic amines) is 1. The molecule has 0 aromatic rings. The molecule has 6 fully saturated rings. The molecule has 5 N–H and O–H groups in total. The zero-order valence-corrected chi connectivity index (χ0v) is 29.2. The Morgan fingerprint density at radius 1 is 0.938 bits per heavy atom. The lowest BCUT2D eigenvalue weighted by Gasteiger charge is -2.44. The van der Waals surface area contributed by atoms with E-state index in [1.54, 1.807) is 4.90 Å². The Hall–Kier alpha value is -2.73. The molecule has 48 heavy (non-hydrogen) atoms. The average molecular weight is 671 g/mol. The third-order valence-electron chi connectivity index (χ3n) is 13.1. The molecule has 2 saturated heterocycles. The highest BCUT2D eigenvalue weighted by atomic mass is 16.5. The summed E-state index contributed by atoms with van der Waals surface area (Å²) in [6, 6.07) is -2.15. The van der Waals surface area contributed by atoms with Crippen LogP contribution in [0.3, 0.4) is 0 Å². The molecule has 3 atom stereocenters. The Morgan fingerprint density at radius 3 is 2.25 bits per heavy atom. The molecule has 2 heterocycles. The third kappa shape index (κ3) is 7.85. The Bertz CT molecular complexity index is 1240. The summed E-state index contributed by atoms with van der Waals surface area (Å²) < 4.78 is 6.02. The van der Waals surface area contributed by atoms with Crippen LogP contribution in [0.2, 0.25) is 0 Å². The van der Waals surface area contributed by atoms with Gasteiger partial charge in [0.05, 0.1) is 30.3 Å². The highest BCUT2D eigenvalue weighted by Crippen LogP contribution is 2.50. The SMILES string of the molecule is CC(C)(C1CCC1)C1C[C@@H](C(=O)NC(CC2CCC2)C(=O)C(N)=O)N(C(=O)CNC(=O)NC2(CN3CCOC4(CC4)C3)CCCCC2)C1. The number of hydrogen-bond donors (Lipinski definition) is 4. The van der Waals surface area contributed by atoms with Gasteiger partial charge in [-0.3, -0.25) is 24.1 Å². The zero-order chi connectivity index (χ0) is 34.1. The molecule has 0 bridgehead atoms. The number of ketones is 1. The van der Waals surface area contributed by atoms with Crippen LogP contribution in [0.25, 0.3) is 0 Å². The number of urea groups is 1. The molecular formula is C36H58N6O6. The number of morpholine rings is 1. The van der Waals surface area contributed by atoms with Gasteiger partial charge in [-0.2, -0.15) is 0 Å². The molecule has 2 unspecified atom stereocenters. The minimum atomic E-state index is -1.06. The second kappa shape index (κ2) is 14.2. The summed E-state index contributed by atoms with van der Waals surface area (Å²) in [4.78, 5) is 69.8. The monoisotopic (exact) mass is 670 g/mol. The number of carbonyl (C=O) groups is 5. The second-order valence-corrected chi connectivity index (χ2v) is 16.7. The highest BCUT2D eigenvalue weighted by molar-refractivity contribution is 6.37. The van der Waals surface area contributed by atoms with Gasteiger partial charge in [0.15, 0.2) is 0 Å². The summed E-state index contributed by atoms with van der Waals surface area (Å²) in [7, 11) is 0. The normalized spacial score (nSPS) is 27.8. The minimum absolute atomic E-state index is 0.0107. The van der Waals surface area contributed by atoms with Crippen molar-refractivity contribution in [3.63, 3.8) is 0 Å². The fraction of sp³-hybridized carbons (Fsp3) is 0.861. The smallest absolute Gasteiger partial charge is 0.315 e. The summed E-state index contributed by atoms with van der Waals surface area (Å²) in [5.41, 5.74) is 4.95. The van der Waals surface area contributed by atoms with Crippen LogP contribution in [0.5, 0.6) is 0 Å². The highest BCUT2D eigenvalue weighted by Gasteiger charge is 2.50. The van der Waals surface area contributed by atoms with Crippen molar-refractivity contribution in [2.45, 2.75) is 133 Å². The molecule has 6 rings (SSSR count). The number of Topliss-reactive ketones (excluding diaryl/α,β-unsaturated/α-hetero) is 1. The van der Waals surface area contributed by atoms with E-state index in [4.69, 9.17) is 10.5 Å². The minimum Gasteiger partial charge on any atom is -0.372 e. The van der Waals surface area contributed by atoms with Crippen molar-refractivity contribution >= 4 is 29.5 Å². The first kappa shape index (κ1) is 35.1. The number of carbonyl (C=O) groups excluding carboxylic acids is 5. The topological polar surface area (TPSA) is 163 Å². The van der Waals surface area contributed by atoms with Crippen molar-refractivity contribution in [2.75, 3.05) is 39.3 Å². The van der Waals surface area contributed by atoms with Crippen molar-refractivity contribution in [1.82, 2.24) is 25.8 Å².